The molecule has 0 aliphatic rings. The number of thioether (sulfide) groups is 1. The molecule has 0 aliphatic carbocycles. The van der Waals surface area contributed by atoms with Gasteiger partial charge in [-0.25, -0.2) is 8.42 Å². The van der Waals surface area contributed by atoms with Crippen LogP contribution in [-0.2, 0) is 15.8 Å². The summed E-state index contributed by atoms with van der Waals surface area (Å²) in [6.45, 7) is 2.39. The van der Waals surface area contributed by atoms with Gasteiger partial charge < -0.3 is 5.32 Å². The number of carbonyl (C=O) groups is 1. The zero-order chi connectivity index (χ0) is 22.3. The van der Waals surface area contributed by atoms with Crippen LogP contribution >= 0.6 is 23.4 Å². The van der Waals surface area contributed by atoms with Crippen LogP contribution in [0.1, 0.15) is 21.5 Å². The van der Waals surface area contributed by atoms with E-state index in [4.69, 9.17) is 11.6 Å². The van der Waals surface area contributed by atoms with Crippen molar-refractivity contribution in [2.24, 2.45) is 0 Å². The third-order valence-electron chi connectivity index (χ3n) is 4.44. The third kappa shape index (κ3) is 6.75. The van der Waals surface area contributed by atoms with E-state index in [-0.39, 0.29) is 15.8 Å². The molecule has 0 aromatic heterocycles. The molecular weight excluding hydrogens is 452 g/mol. The van der Waals surface area contributed by atoms with Crippen molar-refractivity contribution in [1.82, 2.24) is 5.32 Å². The topological polar surface area (TPSA) is 75.3 Å². The van der Waals surface area contributed by atoms with Gasteiger partial charge >= 0.3 is 0 Å². The number of hydrogen-bond acceptors (Lipinski definition) is 4. The fraction of sp³-hybridized carbons (Fsp3) is 0.174. The number of hydrogen-bond donors (Lipinski definition) is 2. The normalized spacial score (nSPS) is 11.2. The highest BCUT2D eigenvalue weighted by Gasteiger charge is 2.16. The number of nitrogens with one attached hydrogen (secondary N) is 2. The average molecular weight is 475 g/mol. The van der Waals surface area contributed by atoms with Crippen molar-refractivity contribution in [3.63, 3.8) is 0 Å². The van der Waals surface area contributed by atoms with Crippen molar-refractivity contribution in [2.75, 3.05) is 17.0 Å². The fourth-order valence-corrected chi connectivity index (χ4v) is 4.93. The molecule has 31 heavy (non-hydrogen) atoms. The first-order valence-corrected chi connectivity index (χ1v) is 12.7. The Balaban J connectivity index is 1.53. The second-order valence-electron chi connectivity index (χ2n) is 6.91. The average Bonchev–Trinajstić information content (AvgIpc) is 2.74. The van der Waals surface area contributed by atoms with Gasteiger partial charge in [-0.3, -0.25) is 9.52 Å². The van der Waals surface area contributed by atoms with E-state index >= 15 is 0 Å². The van der Waals surface area contributed by atoms with E-state index in [0.29, 0.717) is 17.8 Å². The second-order valence-corrected chi connectivity index (χ2v) is 10.1. The minimum atomic E-state index is -3.74. The Morgan fingerprint density at radius 1 is 1.00 bits per heavy atom. The summed E-state index contributed by atoms with van der Waals surface area (Å²) >= 11 is 7.97. The molecule has 3 aromatic rings. The molecule has 0 atom stereocenters. The van der Waals surface area contributed by atoms with Crippen LogP contribution < -0.4 is 10.0 Å². The van der Waals surface area contributed by atoms with Crippen LogP contribution in [0, 0.1) is 6.92 Å². The van der Waals surface area contributed by atoms with Gasteiger partial charge in [-0.2, -0.15) is 11.8 Å². The summed E-state index contributed by atoms with van der Waals surface area (Å²) in [4.78, 5) is 12.6. The fourth-order valence-electron chi connectivity index (χ4n) is 2.79. The molecule has 0 aliphatic heterocycles. The SMILES string of the molecule is Cc1ccc(S(=O)(=O)Nc2ccc(C(=O)NCCSCc3ccccc3)c(Cl)c2)cc1. The Morgan fingerprint density at radius 3 is 2.39 bits per heavy atom. The smallest absolute Gasteiger partial charge is 0.261 e. The number of sulfonamides is 1. The lowest BCUT2D eigenvalue weighted by Crippen LogP contribution is -2.26. The lowest BCUT2D eigenvalue weighted by molar-refractivity contribution is 0.0956. The van der Waals surface area contributed by atoms with E-state index in [0.717, 1.165) is 17.1 Å². The van der Waals surface area contributed by atoms with Crippen LogP contribution in [0.4, 0.5) is 5.69 Å². The Kier molecular flexibility index (Phi) is 8.01. The molecule has 0 heterocycles. The van der Waals surface area contributed by atoms with Crippen LogP contribution in [0.2, 0.25) is 5.02 Å². The van der Waals surface area contributed by atoms with Crippen LogP contribution in [0.5, 0.6) is 0 Å². The van der Waals surface area contributed by atoms with E-state index in [1.807, 2.05) is 25.1 Å². The van der Waals surface area contributed by atoms with Crippen LogP contribution in [0.15, 0.2) is 77.7 Å². The van der Waals surface area contributed by atoms with E-state index in [2.05, 4.69) is 22.2 Å². The molecule has 0 radical (unpaired) electrons. The van der Waals surface area contributed by atoms with Gasteiger partial charge in [0.15, 0.2) is 0 Å². The number of rotatable bonds is 9. The van der Waals surface area contributed by atoms with Gasteiger partial charge in [-0.15, -0.1) is 0 Å². The molecule has 0 unspecified atom stereocenters. The van der Waals surface area contributed by atoms with Crippen LogP contribution in [0.25, 0.3) is 0 Å². The van der Waals surface area contributed by atoms with Gasteiger partial charge in [0.1, 0.15) is 0 Å². The van der Waals surface area contributed by atoms with E-state index < -0.39 is 10.0 Å². The van der Waals surface area contributed by atoms with Crippen molar-refractivity contribution in [3.8, 4) is 0 Å². The van der Waals surface area contributed by atoms with Gasteiger partial charge in [0, 0.05) is 18.1 Å². The molecule has 0 spiro atoms. The zero-order valence-electron chi connectivity index (χ0n) is 17.0. The van der Waals surface area contributed by atoms with E-state index in [1.165, 1.54) is 35.9 Å². The first-order chi connectivity index (χ1) is 14.8. The quantitative estimate of drug-likeness (QED) is 0.422. The Labute approximate surface area is 192 Å². The Bertz CT molecular complexity index is 1140. The first-order valence-electron chi connectivity index (χ1n) is 9.64. The highest BCUT2D eigenvalue weighted by atomic mass is 35.5. The molecule has 5 nitrogen and oxygen atoms in total. The molecule has 0 fully saturated rings. The standard InChI is InChI=1S/C23H23ClN2O3S2/c1-17-7-10-20(11-8-17)31(28,29)26-19-9-12-21(22(24)15-19)23(27)25-13-14-30-16-18-5-3-2-4-6-18/h2-12,15,26H,13-14,16H2,1H3,(H,25,27). The predicted octanol–water partition coefficient (Wildman–Crippen LogP) is 5.11. The van der Waals surface area contributed by atoms with E-state index in [1.54, 1.807) is 23.9 Å². The van der Waals surface area contributed by atoms with Gasteiger partial charge in [0.2, 0.25) is 0 Å². The number of halogens is 1. The van der Waals surface area contributed by atoms with Crippen molar-refractivity contribution in [3.05, 3.63) is 94.5 Å². The number of aryl methyl sites for hydroxylation is 1. The largest absolute Gasteiger partial charge is 0.351 e. The van der Waals surface area contributed by atoms with Crippen molar-refractivity contribution in [1.29, 1.82) is 0 Å². The summed E-state index contributed by atoms with van der Waals surface area (Å²) < 4.78 is 27.5. The number of benzene rings is 3. The monoisotopic (exact) mass is 474 g/mol. The molecule has 0 saturated carbocycles. The molecule has 0 bridgehead atoms. The zero-order valence-corrected chi connectivity index (χ0v) is 19.4. The Morgan fingerprint density at radius 2 is 1.71 bits per heavy atom. The molecule has 2 N–H and O–H groups in total. The van der Waals surface area contributed by atoms with Gasteiger partial charge in [-0.05, 0) is 42.8 Å². The summed E-state index contributed by atoms with van der Waals surface area (Å²) in [6.07, 6.45) is 0. The number of amides is 1. The first kappa shape index (κ1) is 23.2. The minimum Gasteiger partial charge on any atom is -0.351 e. The minimum absolute atomic E-state index is 0.157. The molecule has 3 aromatic carbocycles. The van der Waals surface area contributed by atoms with Gasteiger partial charge in [0.25, 0.3) is 15.9 Å². The summed E-state index contributed by atoms with van der Waals surface area (Å²) in [5.74, 6) is 1.36. The molecule has 0 saturated heterocycles. The molecule has 1 amide bonds. The maximum absolute atomic E-state index is 12.5. The second kappa shape index (κ2) is 10.7. The summed E-state index contributed by atoms with van der Waals surface area (Å²) in [6, 6.07) is 21.1. The van der Waals surface area contributed by atoms with Gasteiger partial charge in [-0.1, -0.05) is 59.6 Å². The highest BCUT2D eigenvalue weighted by molar-refractivity contribution is 7.98. The Hall–Kier alpha value is -2.48. The summed E-state index contributed by atoms with van der Waals surface area (Å²) in [5, 5.41) is 3.02. The lowest BCUT2D eigenvalue weighted by Gasteiger charge is -2.11. The van der Waals surface area contributed by atoms with Crippen molar-refractivity contribution >= 4 is 45.0 Å². The molecular formula is C23H23ClN2O3S2. The summed E-state index contributed by atoms with van der Waals surface area (Å²) in [7, 11) is -3.74. The maximum Gasteiger partial charge on any atom is 0.261 e. The summed E-state index contributed by atoms with van der Waals surface area (Å²) in [5.41, 5.74) is 2.80. The lowest BCUT2D eigenvalue weighted by atomic mass is 10.2. The van der Waals surface area contributed by atoms with Crippen molar-refractivity contribution in [2.45, 2.75) is 17.6 Å². The predicted molar refractivity (Wildman–Crippen MR) is 128 cm³/mol. The molecule has 162 valence electrons. The molecule has 3 rings (SSSR count). The molecule has 8 heteroatoms. The maximum atomic E-state index is 12.5. The number of anilines is 1. The van der Waals surface area contributed by atoms with E-state index in [9.17, 15) is 13.2 Å². The van der Waals surface area contributed by atoms with Crippen LogP contribution in [-0.4, -0.2) is 26.6 Å². The van der Waals surface area contributed by atoms with Crippen molar-refractivity contribution < 1.29 is 13.2 Å². The third-order valence-corrected chi connectivity index (χ3v) is 7.18. The number of carbonyl (C=O) groups excluding carboxylic acids is 1. The highest BCUT2D eigenvalue weighted by Crippen LogP contribution is 2.23. The van der Waals surface area contributed by atoms with Crippen LogP contribution in [0.3, 0.4) is 0 Å². The van der Waals surface area contributed by atoms with Gasteiger partial charge in [0.05, 0.1) is 21.2 Å².